The van der Waals surface area contributed by atoms with Crippen LogP contribution in [0.15, 0.2) is 36.4 Å². The Morgan fingerprint density at radius 2 is 1.77 bits per heavy atom. The zero-order valence-electron chi connectivity index (χ0n) is 12.3. The van der Waals surface area contributed by atoms with E-state index in [9.17, 15) is 9.90 Å². The fraction of sp³-hybridized carbons (Fsp3) is 0.235. The van der Waals surface area contributed by atoms with Gasteiger partial charge in [-0.15, -0.1) is 0 Å². The number of methoxy groups -OCH3 is 2. The van der Waals surface area contributed by atoms with E-state index in [-0.39, 0.29) is 23.7 Å². The van der Waals surface area contributed by atoms with Gasteiger partial charge in [0.1, 0.15) is 35.2 Å². The molecule has 2 aromatic rings. The summed E-state index contributed by atoms with van der Waals surface area (Å²) in [4.78, 5) is 12.7. The lowest BCUT2D eigenvalue weighted by Gasteiger charge is -2.25. The number of phenolic OH excluding ortho intramolecular Hbond substituents is 1. The first-order valence-corrected chi connectivity index (χ1v) is 6.86. The summed E-state index contributed by atoms with van der Waals surface area (Å²) in [7, 11) is 3.08. The molecule has 0 spiro atoms. The molecule has 0 aromatic heterocycles. The van der Waals surface area contributed by atoms with Crippen molar-refractivity contribution in [3.63, 3.8) is 0 Å². The van der Waals surface area contributed by atoms with Gasteiger partial charge in [0.15, 0.2) is 5.78 Å². The maximum absolute atomic E-state index is 12.7. The highest BCUT2D eigenvalue weighted by Gasteiger charge is 2.33. The number of hydrogen-bond acceptors (Lipinski definition) is 5. The third-order valence-corrected chi connectivity index (χ3v) is 3.78. The van der Waals surface area contributed by atoms with Crippen LogP contribution in [0.4, 0.5) is 0 Å². The predicted molar refractivity (Wildman–Crippen MR) is 80.2 cm³/mol. The molecule has 0 unspecified atom stereocenters. The lowest BCUT2D eigenvalue weighted by Crippen LogP contribution is -2.26. The van der Waals surface area contributed by atoms with E-state index in [1.807, 2.05) is 12.1 Å². The predicted octanol–water partition coefficient (Wildman–Crippen LogP) is 2.77. The molecule has 22 heavy (non-hydrogen) atoms. The Balaban J connectivity index is 1.96. The molecule has 0 saturated heterocycles. The van der Waals surface area contributed by atoms with Crippen molar-refractivity contribution in [1.29, 1.82) is 0 Å². The molecule has 0 aliphatic carbocycles. The third-order valence-electron chi connectivity index (χ3n) is 3.78. The van der Waals surface area contributed by atoms with Crippen LogP contribution in [0.2, 0.25) is 0 Å². The minimum atomic E-state index is -0.447. The number of fused-ring (bicyclic) bond motifs is 1. The number of ether oxygens (including phenoxy) is 3. The van der Waals surface area contributed by atoms with Crippen molar-refractivity contribution < 1.29 is 24.1 Å². The number of phenols is 1. The average molecular weight is 300 g/mol. The first kappa shape index (κ1) is 14.3. The number of carbonyl (C=O) groups excluding carboxylic acids is 1. The first-order chi connectivity index (χ1) is 10.6. The molecule has 5 nitrogen and oxygen atoms in total. The second-order valence-electron chi connectivity index (χ2n) is 5.02. The molecule has 0 bridgehead atoms. The fourth-order valence-electron chi connectivity index (χ4n) is 2.56. The largest absolute Gasteiger partial charge is 0.507 e. The topological polar surface area (TPSA) is 65.0 Å². The van der Waals surface area contributed by atoms with Crippen molar-refractivity contribution in [2.75, 3.05) is 20.8 Å². The van der Waals surface area contributed by atoms with Crippen molar-refractivity contribution in [2.45, 2.75) is 5.92 Å². The van der Waals surface area contributed by atoms with Gasteiger partial charge in [-0.2, -0.15) is 0 Å². The molecular formula is C17H16O5. The van der Waals surface area contributed by atoms with Crippen LogP contribution in [0.1, 0.15) is 21.8 Å². The van der Waals surface area contributed by atoms with E-state index in [1.165, 1.54) is 13.2 Å². The number of rotatable bonds is 3. The number of aromatic hydroxyl groups is 1. The van der Waals surface area contributed by atoms with Gasteiger partial charge in [-0.05, 0) is 17.7 Å². The Morgan fingerprint density at radius 3 is 2.41 bits per heavy atom. The van der Waals surface area contributed by atoms with Crippen LogP contribution in [0.5, 0.6) is 23.0 Å². The highest BCUT2D eigenvalue weighted by atomic mass is 16.5. The second-order valence-corrected chi connectivity index (χ2v) is 5.02. The van der Waals surface area contributed by atoms with Crippen molar-refractivity contribution in [3.05, 3.63) is 47.5 Å². The highest BCUT2D eigenvalue weighted by molar-refractivity contribution is 6.06. The van der Waals surface area contributed by atoms with Gasteiger partial charge in [0.05, 0.1) is 20.1 Å². The Kier molecular flexibility index (Phi) is 3.63. The Morgan fingerprint density at radius 1 is 1.09 bits per heavy atom. The van der Waals surface area contributed by atoms with Crippen LogP contribution < -0.4 is 14.2 Å². The quantitative estimate of drug-likeness (QED) is 0.944. The van der Waals surface area contributed by atoms with Crippen molar-refractivity contribution in [1.82, 2.24) is 0 Å². The van der Waals surface area contributed by atoms with Gasteiger partial charge in [0, 0.05) is 12.1 Å². The van der Waals surface area contributed by atoms with Gasteiger partial charge >= 0.3 is 0 Å². The lowest BCUT2D eigenvalue weighted by atomic mass is 9.88. The summed E-state index contributed by atoms with van der Waals surface area (Å²) in [5.74, 6) is 0.793. The van der Waals surface area contributed by atoms with Gasteiger partial charge in [0.2, 0.25) is 0 Å². The molecule has 1 N–H and O–H groups in total. The van der Waals surface area contributed by atoms with E-state index < -0.39 is 5.92 Å². The van der Waals surface area contributed by atoms with Crippen molar-refractivity contribution in [3.8, 4) is 23.0 Å². The molecule has 1 heterocycles. The second kappa shape index (κ2) is 5.60. The Bertz CT molecular complexity index is 706. The summed E-state index contributed by atoms with van der Waals surface area (Å²) < 4.78 is 15.8. The zero-order valence-corrected chi connectivity index (χ0v) is 12.3. The maximum Gasteiger partial charge on any atom is 0.181 e. The van der Waals surface area contributed by atoms with Gasteiger partial charge in [-0.3, -0.25) is 4.79 Å². The normalized spacial score (nSPS) is 16.6. The molecule has 1 aliphatic heterocycles. The zero-order chi connectivity index (χ0) is 15.7. The van der Waals surface area contributed by atoms with E-state index in [2.05, 4.69) is 0 Å². The van der Waals surface area contributed by atoms with E-state index in [4.69, 9.17) is 14.2 Å². The SMILES string of the molecule is COc1ccc([C@H]2COc3cc(OC)cc(O)c3C2=O)cc1. The Labute approximate surface area is 128 Å². The van der Waals surface area contributed by atoms with E-state index in [1.54, 1.807) is 25.3 Å². The molecule has 0 amide bonds. The number of ketones is 1. The molecule has 0 radical (unpaired) electrons. The summed E-state index contributed by atoms with van der Waals surface area (Å²) in [6.45, 7) is 0.227. The van der Waals surface area contributed by atoms with Crippen LogP contribution in [0.25, 0.3) is 0 Å². The number of benzene rings is 2. The molecule has 2 aromatic carbocycles. The minimum Gasteiger partial charge on any atom is -0.507 e. The molecule has 3 rings (SSSR count). The standard InChI is InChI=1S/C17H16O5/c1-20-11-5-3-10(4-6-11)13-9-22-15-8-12(21-2)7-14(18)16(15)17(13)19/h3-8,13,18H,9H2,1-2H3/t13-/m1/s1. The van der Waals surface area contributed by atoms with E-state index >= 15 is 0 Å². The lowest BCUT2D eigenvalue weighted by molar-refractivity contribution is 0.0892. The maximum atomic E-state index is 12.7. The smallest absolute Gasteiger partial charge is 0.181 e. The van der Waals surface area contributed by atoms with Crippen molar-refractivity contribution >= 4 is 5.78 Å². The van der Waals surface area contributed by atoms with Crippen LogP contribution in [-0.2, 0) is 0 Å². The summed E-state index contributed by atoms with van der Waals surface area (Å²) in [6, 6.07) is 10.3. The molecule has 114 valence electrons. The van der Waals surface area contributed by atoms with Crippen LogP contribution >= 0.6 is 0 Å². The Hall–Kier alpha value is -2.69. The van der Waals surface area contributed by atoms with Gasteiger partial charge < -0.3 is 19.3 Å². The first-order valence-electron chi connectivity index (χ1n) is 6.86. The number of carbonyl (C=O) groups is 1. The molecule has 5 heteroatoms. The minimum absolute atomic E-state index is 0.127. The molecule has 0 saturated carbocycles. The monoisotopic (exact) mass is 300 g/mol. The van der Waals surface area contributed by atoms with E-state index in [0.29, 0.717) is 11.5 Å². The average Bonchev–Trinajstić information content (AvgIpc) is 2.55. The van der Waals surface area contributed by atoms with Crippen LogP contribution in [0.3, 0.4) is 0 Å². The van der Waals surface area contributed by atoms with Gasteiger partial charge in [-0.25, -0.2) is 0 Å². The molecule has 0 fully saturated rings. The summed E-state index contributed by atoms with van der Waals surface area (Å²) in [5.41, 5.74) is 1.03. The van der Waals surface area contributed by atoms with Crippen LogP contribution in [-0.4, -0.2) is 31.7 Å². The number of hydrogen-bond donors (Lipinski definition) is 1. The number of Topliss-reactive ketones (excluding diaryl/α,β-unsaturated/α-hetero) is 1. The molecule has 1 aliphatic rings. The summed E-state index contributed by atoms with van der Waals surface area (Å²) >= 11 is 0. The van der Waals surface area contributed by atoms with Gasteiger partial charge in [-0.1, -0.05) is 12.1 Å². The third kappa shape index (κ3) is 2.35. The van der Waals surface area contributed by atoms with Crippen LogP contribution in [0, 0.1) is 0 Å². The van der Waals surface area contributed by atoms with E-state index in [0.717, 1.165) is 11.3 Å². The highest BCUT2D eigenvalue weighted by Crippen LogP contribution is 2.40. The summed E-state index contributed by atoms with van der Waals surface area (Å²) in [5, 5.41) is 10.1. The summed E-state index contributed by atoms with van der Waals surface area (Å²) in [6.07, 6.45) is 0. The molecule has 1 atom stereocenters. The molecular weight excluding hydrogens is 284 g/mol. The fourth-order valence-corrected chi connectivity index (χ4v) is 2.56. The van der Waals surface area contributed by atoms with Gasteiger partial charge in [0.25, 0.3) is 0 Å². The van der Waals surface area contributed by atoms with Crippen molar-refractivity contribution in [2.24, 2.45) is 0 Å².